The van der Waals surface area contributed by atoms with Gasteiger partial charge in [0.25, 0.3) is 0 Å². The number of ketones is 1. The molecule has 1 N–H and O–H groups in total. The molecule has 180 valence electrons. The third kappa shape index (κ3) is 5.66. The van der Waals surface area contributed by atoms with Crippen molar-refractivity contribution in [1.29, 1.82) is 0 Å². The van der Waals surface area contributed by atoms with E-state index in [2.05, 4.69) is 5.32 Å². The average Bonchev–Trinajstić information content (AvgIpc) is 3.21. The minimum atomic E-state index is -0.817. The fourth-order valence-corrected chi connectivity index (χ4v) is 3.82. The van der Waals surface area contributed by atoms with Gasteiger partial charge in [-0.25, -0.2) is 14.0 Å². The summed E-state index contributed by atoms with van der Waals surface area (Å²) in [6, 6.07) is 17.1. The van der Waals surface area contributed by atoms with Crippen molar-refractivity contribution in [2.45, 2.75) is 25.7 Å². The predicted molar refractivity (Wildman–Crippen MR) is 130 cm³/mol. The number of carbonyl (C=O) groups excluding carboxylic acids is 2. The Morgan fingerprint density at radius 3 is 2.37 bits per heavy atom. The summed E-state index contributed by atoms with van der Waals surface area (Å²) in [6.45, 7) is 0.398. The molecule has 35 heavy (non-hydrogen) atoms. The van der Waals surface area contributed by atoms with Crippen LogP contribution in [-0.2, 0) is 6.42 Å². The van der Waals surface area contributed by atoms with E-state index in [4.69, 9.17) is 9.15 Å². The number of amides is 1. The zero-order chi connectivity index (χ0) is 24.8. The van der Waals surface area contributed by atoms with Gasteiger partial charge in [0.2, 0.25) is 0 Å². The van der Waals surface area contributed by atoms with E-state index in [1.807, 2.05) is 0 Å². The first-order valence-corrected chi connectivity index (χ1v) is 11.3. The first kappa shape index (κ1) is 23.9. The van der Waals surface area contributed by atoms with Crippen LogP contribution >= 0.6 is 0 Å². The van der Waals surface area contributed by atoms with Crippen molar-refractivity contribution < 1.29 is 23.1 Å². The molecule has 3 aromatic carbocycles. The zero-order valence-electron chi connectivity index (χ0n) is 19.3. The molecule has 0 aliphatic rings. The normalized spacial score (nSPS) is 10.9. The second kappa shape index (κ2) is 10.8. The summed E-state index contributed by atoms with van der Waals surface area (Å²) in [5, 5.41) is 2.73. The van der Waals surface area contributed by atoms with E-state index in [-0.39, 0.29) is 22.7 Å². The molecule has 0 saturated heterocycles. The maximum atomic E-state index is 13.0. The van der Waals surface area contributed by atoms with E-state index in [1.165, 1.54) is 24.3 Å². The largest absolute Gasteiger partial charge is 0.497 e. The maximum absolute atomic E-state index is 13.0. The molecule has 8 heteroatoms. The first-order chi connectivity index (χ1) is 17.0. The number of nitrogens with zero attached hydrogens (tertiary/aromatic N) is 1. The topological polar surface area (TPSA) is 90.5 Å². The fraction of sp³-hybridized carbons (Fsp3) is 0.222. The van der Waals surface area contributed by atoms with Gasteiger partial charge in [0.1, 0.15) is 11.6 Å². The van der Waals surface area contributed by atoms with Gasteiger partial charge in [-0.3, -0.25) is 4.79 Å². The van der Waals surface area contributed by atoms with Crippen LogP contribution in [-0.4, -0.2) is 30.0 Å². The predicted octanol–water partition coefficient (Wildman–Crippen LogP) is 4.94. The Kier molecular flexibility index (Phi) is 7.40. The van der Waals surface area contributed by atoms with E-state index in [0.29, 0.717) is 23.4 Å². The monoisotopic (exact) mass is 476 g/mol. The highest BCUT2D eigenvalue weighted by molar-refractivity contribution is 6.10. The molecule has 7 nitrogen and oxygen atoms in total. The van der Waals surface area contributed by atoms with Gasteiger partial charge in [0.05, 0.1) is 12.6 Å². The van der Waals surface area contributed by atoms with Crippen molar-refractivity contribution in [3.8, 4) is 5.75 Å². The molecule has 0 radical (unpaired) electrons. The molecule has 0 aliphatic carbocycles. The van der Waals surface area contributed by atoms with Crippen LogP contribution in [0.4, 0.5) is 9.18 Å². The number of halogens is 1. The number of nitrogens with one attached hydrogen (secondary N) is 1. The molecule has 1 aromatic heterocycles. The fourth-order valence-electron chi connectivity index (χ4n) is 3.82. The molecule has 0 saturated carbocycles. The van der Waals surface area contributed by atoms with E-state index < -0.39 is 11.8 Å². The number of hydrogen-bond donors (Lipinski definition) is 1. The molecule has 1 heterocycles. The second-order valence-corrected chi connectivity index (χ2v) is 8.11. The third-order valence-corrected chi connectivity index (χ3v) is 5.73. The number of rotatable bonds is 9. The lowest BCUT2D eigenvalue weighted by Crippen LogP contribution is -2.34. The van der Waals surface area contributed by atoms with Crippen molar-refractivity contribution >= 4 is 22.9 Å². The summed E-state index contributed by atoms with van der Waals surface area (Å²) in [5.74, 6) is -0.671. The number of fused-ring (bicyclic) bond motifs is 1. The Morgan fingerprint density at radius 1 is 0.943 bits per heavy atom. The number of ether oxygens (including phenoxy) is 1. The van der Waals surface area contributed by atoms with Crippen LogP contribution in [0, 0.1) is 5.82 Å². The quantitative estimate of drug-likeness (QED) is 0.273. The number of methoxy groups -OCH3 is 1. The molecule has 0 aliphatic heterocycles. The number of hydrogen-bond acceptors (Lipinski definition) is 5. The zero-order valence-corrected chi connectivity index (χ0v) is 19.3. The second-order valence-electron chi connectivity index (χ2n) is 8.11. The van der Waals surface area contributed by atoms with Crippen molar-refractivity contribution in [3.05, 3.63) is 99.8 Å². The first-order valence-electron chi connectivity index (χ1n) is 11.3. The van der Waals surface area contributed by atoms with E-state index in [1.54, 1.807) is 49.6 Å². The minimum Gasteiger partial charge on any atom is -0.497 e. The van der Waals surface area contributed by atoms with E-state index in [9.17, 15) is 18.8 Å². The van der Waals surface area contributed by atoms with Gasteiger partial charge < -0.3 is 14.5 Å². The van der Waals surface area contributed by atoms with Gasteiger partial charge >= 0.3 is 11.8 Å². The van der Waals surface area contributed by atoms with Crippen LogP contribution in [0.2, 0.25) is 0 Å². The molecule has 0 fully saturated rings. The highest BCUT2D eigenvalue weighted by atomic mass is 19.1. The van der Waals surface area contributed by atoms with Gasteiger partial charge in [-0.2, -0.15) is 4.57 Å². The standard InChI is InChI=1S/C27H25FN2O5/c1-34-22-13-8-19(9-14-22)25(31)20-10-15-23-24(17-20)35-27(33)30(23)26(32)29-16-4-2-3-5-18-6-11-21(28)12-7-18/h6-15,17H,2-5,16H2,1H3,(H,29,32). The van der Waals surface area contributed by atoms with Crippen LogP contribution < -0.4 is 15.8 Å². The number of aromatic nitrogens is 1. The van der Waals surface area contributed by atoms with E-state index in [0.717, 1.165) is 35.8 Å². The van der Waals surface area contributed by atoms with Gasteiger partial charge in [-0.05, 0) is 79.4 Å². The van der Waals surface area contributed by atoms with Crippen LogP contribution in [0.15, 0.2) is 75.9 Å². The van der Waals surface area contributed by atoms with Crippen molar-refractivity contribution in [1.82, 2.24) is 9.88 Å². The SMILES string of the molecule is COc1ccc(C(=O)c2ccc3c(c2)oc(=O)n3C(=O)NCCCCCc2ccc(F)cc2)cc1. The Balaban J connectivity index is 1.35. The average molecular weight is 477 g/mol. The van der Waals surface area contributed by atoms with Gasteiger partial charge in [0, 0.05) is 17.7 Å². The summed E-state index contributed by atoms with van der Waals surface area (Å²) >= 11 is 0. The maximum Gasteiger partial charge on any atom is 0.428 e. The summed E-state index contributed by atoms with van der Waals surface area (Å²) in [5.41, 5.74) is 2.31. The number of carbonyl (C=O) groups is 2. The highest BCUT2D eigenvalue weighted by Gasteiger charge is 2.18. The molecule has 0 atom stereocenters. The highest BCUT2D eigenvalue weighted by Crippen LogP contribution is 2.19. The molecule has 0 unspecified atom stereocenters. The number of aryl methyl sites for hydroxylation is 1. The lowest BCUT2D eigenvalue weighted by molar-refractivity contribution is 0.103. The third-order valence-electron chi connectivity index (χ3n) is 5.73. The smallest absolute Gasteiger partial charge is 0.428 e. The summed E-state index contributed by atoms with van der Waals surface area (Å²) < 4.78 is 24.2. The van der Waals surface area contributed by atoms with Crippen molar-refractivity contribution in [2.75, 3.05) is 13.7 Å². The molecule has 1 amide bonds. The Hall–Kier alpha value is -4.20. The summed E-state index contributed by atoms with van der Waals surface area (Å²) in [7, 11) is 1.55. The Morgan fingerprint density at radius 2 is 1.66 bits per heavy atom. The Labute approximate surface area is 201 Å². The molecule has 0 bridgehead atoms. The summed E-state index contributed by atoms with van der Waals surface area (Å²) in [4.78, 5) is 37.7. The molecular formula is C27H25FN2O5. The van der Waals surface area contributed by atoms with Crippen LogP contribution in [0.1, 0.15) is 40.7 Å². The molecule has 4 rings (SSSR count). The van der Waals surface area contributed by atoms with Gasteiger partial charge in [-0.15, -0.1) is 0 Å². The molecule has 0 spiro atoms. The molecule has 4 aromatic rings. The summed E-state index contributed by atoms with van der Waals surface area (Å²) in [6.07, 6.45) is 3.34. The van der Waals surface area contributed by atoms with Crippen LogP contribution in [0.5, 0.6) is 5.75 Å². The van der Waals surface area contributed by atoms with Gasteiger partial charge in [0.15, 0.2) is 11.4 Å². The number of oxazole rings is 1. The van der Waals surface area contributed by atoms with E-state index >= 15 is 0 Å². The van der Waals surface area contributed by atoms with Crippen LogP contribution in [0.25, 0.3) is 11.1 Å². The number of benzene rings is 3. The Bertz CT molecular complexity index is 1390. The molecular weight excluding hydrogens is 451 g/mol. The number of unbranched alkanes of at least 4 members (excludes halogenated alkanes) is 2. The van der Waals surface area contributed by atoms with Crippen molar-refractivity contribution in [3.63, 3.8) is 0 Å². The lowest BCUT2D eigenvalue weighted by Gasteiger charge is -2.06. The lowest BCUT2D eigenvalue weighted by atomic mass is 10.0. The van der Waals surface area contributed by atoms with Crippen LogP contribution in [0.3, 0.4) is 0 Å². The van der Waals surface area contributed by atoms with Gasteiger partial charge in [-0.1, -0.05) is 18.6 Å². The minimum absolute atomic E-state index is 0.156. The van der Waals surface area contributed by atoms with Crippen molar-refractivity contribution in [2.24, 2.45) is 0 Å².